The largest absolute Gasteiger partial charge is 0.573 e. The number of hydrogen-bond donors (Lipinski definition) is 0. The summed E-state index contributed by atoms with van der Waals surface area (Å²) >= 11 is 0. The van der Waals surface area contributed by atoms with Gasteiger partial charge in [-0.3, -0.25) is 4.90 Å². The van der Waals surface area contributed by atoms with Gasteiger partial charge in [0.2, 0.25) is 15.0 Å². The summed E-state index contributed by atoms with van der Waals surface area (Å²) in [6.45, 7) is 6.99. The molecule has 49 heavy (non-hydrogen) atoms. The highest BCUT2D eigenvalue weighted by molar-refractivity contribution is 7.91. The van der Waals surface area contributed by atoms with Gasteiger partial charge in [-0.1, -0.05) is 31.2 Å². The lowest BCUT2D eigenvalue weighted by atomic mass is 9.97. The summed E-state index contributed by atoms with van der Waals surface area (Å²) in [6, 6.07) is 5.23. The van der Waals surface area contributed by atoms with Gasteiger partial charge in [0.25, 0.3) is 0 Å². The van der Waals surface area contributed by atoms with Gasteiger partial charge >= 0.3 is 12.5 Å². The number of amides is 1. The van der Waals surface area contributed by atoms with Crippen molar-refractivity contribution in [2.24, 2.45) is 0 Å². The van der Waals surface area contributed by atoms with Crippen LogP contribution in [0.4, 0.5) is 32.6 Å². The fraction of sp³-hybridized carbons (Fsp3) is 0.455. The van der Waals surface area contributed by atoms with Gasteiger partial charge in [-0.2, -0.15) is 0 Å². The first kappa shape index (κ1) is 33.2. The summed E-state index contributed by atoms with van der Waals surface area (Å²) in [7, 11) is -4.09. The molecule has 1 amide bonds. The average Bonchev–Trinajstić information content (AvgIpc) is 3.26. The third-order valence-electron chi connectivity index (χ3n) is 9.25. The molecule has 2 saturated heterocycles. The fourth-order valence-corrected chi connectivity index (χ4v) is 8.00. The highest BCUT2D eigenvalue weighted by Crippen LogP contribution is 2.46. The molecule has 2 aromatic heterocycles. The van der Waals surface area contributed by atoms with Crippen LogP contribution >= 0.6 is 0 Å². The number of piperazine rings is 1. The van der Waals surface area contributed by atoms with E-state index in [4.69, 9.17) is 4.74 Å². The number of rotatable bonds is 4. The first-order valence-electron chi connectivity index (χ1n) is 15.9. The minimum atomic E-state index is -5.26. The number of fused-ring (bicyclic) bond motifs is 6. The van der Waals surface area contributed by atoms with Gasteiger partial charge in [0, 0.05) is 17.5 Å². The number of halogens is 5. The molecule has 0 spiro atoms. The molecule has 0 unspecified atom stereocenters. The van der Waals surface area contributed by atoms with Crippen LogP contribution < -0.4 is 9.64 Å². The summed E-state index contributed by atoms with van der Waals surface area (Å²) in [5.41, 5.74) is -1.49. The lowest BCUT2D eigenvalue weighted by molar-refractivity contribution is -0.275. The second-order valence-electron chi connectivity index (χ2n) is 13.5. The van der Waals surface area contributed by atoms with Crippen molar-refractivity contribution in [1.82, 2.24) is 19.9 Å². The number of nitrogens with zero attached hydrogens (tertiary/aromatic N) is 5. The van der Waals surface area contributed by atoms with Gasteiger partial charge in [-0.15, -0.1) is 13.2 Å². The van der Waals surface area contributed by atoms with Crippen LogP contribution in [-0.4, -0.2) is 76.7 Å². The van der Waals surface area contributed by atoms with Gasteiger partial charge in [-0.25, -0.2) is 36.9 Å². The predicted octanol–water partition coefficient (Wildman–Crippen LogP) is 6.72. The maximum atomic E-state index is 16.9. The molecule has 2 aromatic carbocycles. The first-order chi connectivity index (χ1) is 23.0. The molecule has 3 atom stereocenters. The molecular formula is C33H32F5N5O5S. The molecule has 0 N–H and O–H groups in total. The Hall–Kier alpha value is -4.34. The number of aryl methyl sites for hydroxylation is 1. The summed E-state index contributed by atoms with van der Waals surface area (Å²) < 4.78 is 108. The highest BCUT2D eigenvalue weighted by Gasteiger charge is 2.51. The molecule has 7 rings (SSSR count). The van der Waals surface area contributed by atoms with Gasteiger partial charge < -0.3 is 14.4 Å². The third kappa shape index (κ3) is 5.66. The van der Waals surface area contributed by atoms with Crippen molar-refractivity contribution in [3.63, 3.8) is 0 Å². The number of pyridine rings is 1. The van der Waals surface area contributed by atoms with Crippen LogP contribution in [0.5, 0.6) is 5.75 Å². The van der Waals surface area contributed by atoms with Crippen LogP contribution in [0.1, 0.15) is 52.7 Å². The molecule has 260 valence electrons. The Balaban J connectivity index is 1.45. The summed E-state index contributed by atoms with van der Waals surface area (Å²) in [4.78, 5) is 30.3. The quantitative estimate of drug-likeness (QED) is 0.169. The Kier molecular flexibility index (Phi) is 7.69. The van der Waals surface area contributed by atoms with Crippen LogP contribution in [0.15, 0.2) is 35.5 Å². The molecule has 3 aliphatic rings. The predicted molar refractivity (Wildman–Crippen MR) is 169 cm³/mol. The van der Waals surface area contributed by atoms with Crippen molar-refractivity contribution in [2.45, 2.75) is 88.6 Å². The number of aromatic nitrogens is 3. The molecule has 2 bridgehead atoms. The number of carbonyl (C=O) groups is 1. The zero-order valence-electron chi connectivity index (χ0n) is 26.9. The number of sulfone groups is 1. The molecule has 0 saturated carbocycles. The van der Waals surface area contributed by atoms with Crippen molar-refractivity contribution >= 4 is 43.4 Å². The molecule has 3 aliphatic heterocycles. The number of ether oxygens (including phenoxy) is 2. The summed E-state index contributed by atoms with van der Waals surface area (Å²) in [5.74, 6) is -3.82. The normalized spacial score (nSPS) is 20.8. The maximum absolute atomic E-state index is 16.9. The Morgan fingerprint density at radius 3 is 2.43 bits per heavy atom. The molecule has 4 aromatic rings. The van der Waals surface area contributed by atoms with E-state index in [1.54, 1.807) is 25.7 Å². The van der Waals surface area contributed by atoms with E-state index in [-0.39, 0.29) is 75.6 Å². The Bertz CT molecular complexity index is 2140. The average molecular weight is 706 g/mol. The number of hydrogen-bond acceptors (Lipinski definition) is 9. The Morgan fingerprint density at radius 2 is 1.73 bits per heavy atom. The van der Waals surface area contributed by atoms with Crippen molar-refractivity contribution in [1.29, 1.82) is 0 Å². The van der Waals surface area contributed by atoms with E-state index in [1.165, 1.54) is 31.2 Å². The standard InChI is InChI=1S/C33H32F5N5O5S/c1-5-49(45,46)30-40-27-24-20(12-14-21-22-13-10-17(15-42(21)29(24)41-30)43(22)31(44)48-32(2,3)4)39-26(25(27)35)18-8-6-7-16-9-11-19(34)28(23(16)18)47-33(36,37)38/h6-9,11,17,21-22H,5,10,12-15H2,1-4H3/t17-,21-,22+/m1/s1. The fourth-order valence-electron chi connectivity index (χ4n) is 7.29. The SMILES string of the molecule is CCS(=O)(=O)c1nc2c3c(nc(-c4cccc5ccc(F)c(OC(F)(F)F)c45)c(F)c3n1)CC[C@@H]1[C@@H]3CC[C@H](CN21)N3C(=O)OC(C)(C)C. The molecule has 16 heteroatoms. The second-order valence-corrected chi connectivity index (χ2v) is 15.6. The van der Waals surface area contributed by atoms with Crippen molar-refractivity contribution in [3.05, 3.63) is 47.7 Å². The Labute approximate surface area is 278 Å². The van der Waals surface area contributed by atoms with Gasteiger partial charge in [-0.05, 0) is 57.9 Å². The number of anilines is 1. The first-order valence-corrected chi connectivity index (χ1v) is 17.5. The van der Waals surface area contributed by atoms with Crippen LogP contribution in [0.2, 0.25) is 0 Å². The minimum absolute atomic E-state index is 0.123. The van der Waals surface area contributed by atoms with Crippen LogP contribution in [0.25, 0.3) is 32.9 Å². The zero-order valence-corrected chi connectivity index (χ0v) is 27.8. The summed E-state index contributed by atoms with van der Waals surface area (Å²) in [5, 5.41) is -0.697. The topological polar surface area (TPSA) is 115 Å². The van der Waals surface area contributed by atoms with Gasteiger partial charge in [0.1, 0.15) is 22.6 Å². The van der Waals surface area contributed by atoms with E-state index in [0.717, 1.165) is 6.07 Å². The molecule has 5 heterocycles. The Morgan fingerprint density at radius 1 is 0.980 bits per heavy atom. The molecular weight excluding hydrogens is 673 g/mol. The van der Waals surface area contributed by atoms with E-state index in [9.17, 15) is 30.8 Å². The highest BCUT2D eigenvalue weighted by atomic mass is 32.2. The van der Waals surface area contributed by atoms with Crippen molar-refractivity contribution in [3.8, 4) is 17.0 Å². The van der Waals surface area contributed by atoms with Crippen molar-refractivity contribution < 1.29 is 44.6 Å². The number of benzene rings is 2. The molecule has 10 nitrogen and oxygen atoms in total. The van der Waals surface area contributed by atoms with E-state index in [0.29, 0.717) is 19.3 Å². The molecule has 0 radical (unpaired) electrons. The lowest BCUT2D eigenvalue weighted by Crippen LogP contribution is -2.62. The maximum Gasteiger partial charge on any atom is 0.573 e. The van der Waals surface area contributed by atoms with E-state index < -0.39 is 56.1 Å². The molecule has 0 aliphatic carbocycles. The van der Waals surface area contributed by atoms with Gasteiger partial charge in [0.05, 0.1) is 35.0 Å². The number of carbonyl (C=O) groups excluding carboxylic acids is 1. The smallest absolute Gasteiger partial charge is 0.444 e. The molecule has 2 fully saturated rings. The lowest BCUT2D eigenvalue weighted by Gasteiger charge is -2.47. The van der Waals surface area contributed by atoms with E-state index >= 15 is 4.39 Å². The third-order valence-corrected chi connectivity index (χ3v) is 10.8. The van der Waals surface area contributed by atoms with Crippen LogP contribution in [0, 0.1) is 11.6 Å². The summed E-state index contributed by atoms with van der Waals surface area (Å²) in [6.07, 6.45) is -3.81. The van der Waals surface area contributed by atoms with E-state index in [2.05, 4.69) is 19.7 Å². The second kappa shape index (κ2) is 11.4. The van der Waals surface area contributed by atoms with Crippen LogP contribution in [-0.2, 0) is 21.0 Å². The minimum Gasteiger partial charge on any atom is -0.444 e. The van der Waals surface area contributed by atoms with Crippen molar-refractivity contribution in [2.75, 3.05) is 17.2 Å². The monoisotopic (exact) mass is 705 g/mol. The van der Waals surface area contributed by atoms with Gasteiger partial charge in [0.15, 0.2) is 17.4 Å². The zero-order chi connectivity index (χ0) is 35.2. The number of alkyl halides is 3. The van der Waals surface area contributed by atoms with Crippen LogP contribution in [0.3, 0.4) is 0 Å². The van der Waals surface area contributed by atoms with E-state index in [1.807, 2.05) is 4.90 Å².